The number of allylic oxidation sites excluding steroid dienone is 2. The van der Waals surface area contributed by atoms with Gasteiger partial charge in [-0.15, -0.1) is 0 Å². The Bertz CT molecular complexity index is 440. The van der Waals surface area contributed by atoms with E-state index in [2.05, 4.69) is 52.4 Å². The van der Waals surface area contributed by atoms with E-state index >= 15 is 0 Å². The van der Waals surface area contributed by atoms with E-state index in [1.165, 1.54) is 37.2 Å². The van der Waals surface area contributed by atoms with Crippen LogP contribution in [-0.4, -0.2) is 59.4 Å². The zero-order valence-electron chi connectivity index (χ0n) is 19.4. The van der Waals surface area contributed by atoms with Gasteiger partial charge in [-0.1, -0.05) is 92.4 Å². The first-order valence-corrected chi connectivity index (χ1v) is 25.2. The first-order chi connectivity index (χ1) is 12.3. The Hall–Kier alpha value is 0.581. The van der Waals surface area contributed by atoms with Crippen LogP contribution in [0.5, 0.6) is 0 Å². The van der Waals surface area contributed by atoms with E-state index in [1.807, 2.05) is 13.0 Å². The minimum Gasteiger partial charge on any atom is -0.501 e. The van der Waals surface area contributed by atoms with Gasteiger partial charge in [0.1, 0.15) is 0 Å². The summed E-state index contributed by atoms with van der Waals surface area (Å²) in [5, 5.41) is 0. The van der Waals surface area contributed by atoms with Gasteiger partial charge in [0.05, 0.1) is 12.9 Å². The van der Waals surface area contributed by atoms with Crippen molar-refractivity contribution in [1.82, 2.24) is 0 Å². The van der Waals surface area contributed by atoms with Gasteiger partial charge in [-0.2, -0.15) is 0 Å². The monoisotopic (exact) mass is 468 g/mol. The molecule has 0 N–H and O–H groups in total. The van der Waals surface area contributed by atoms with Crippen LogP contribution in [0.15, 0.2) is 24.5 Å². The first-order valence-electron chi connectivity index (χ1n) is 10.4. The van der Waals surface area contributed by atoms with Crippen molar-refractivity contribution in [2.45, 2.75) is 93.6 Å². The molecular formula is C20H44OSi6. The number of rotatable bonds is 16. The van der Waals surface area contributed by atoms with Crippen molar-refractivity contribution in [2.75, 3.05) is 6.61 Å². The molecule has 0 aliphatic carbocycles. The molecule has 7 heteroatoms. The summed E-state index contributed by atoms with van der Waals surface area (Å²) in [5.41, 5.74) is 8.89. The van der Waals surface area contributed by atoms with Crippen molar-refractivity contribution >= 4 is 52.8 Å². The van der Waals surface area contributed by atoms with Crippen LogP contribution in [0.3, 0.4) is 0 Å². The van der Waals surface area contributed by atoms with E-state index in [0.717, 1.165) is 21.7 Å². The van der Waals surface area contributed by atoms with Gasteiger partial charge >= 0.3 is 0 Å². The van der Waals surface area contributed by atoms with E-state index in [-0.39, 0.29) is 0 Å². The molecule has 0 saturated carbocycles. The standard InChI is InChI=1S/C20H44OSi6/c1-20(2)11-13-21-12-10-14-22-16-26(6,7)18-24-19-27(8,9)17-23-15-25(3,4)5/h11,13H,1,10,12,14-19H2,2-9H3. The summed E-state index contributed by atoms with van der Waals surface area (Å²) in [6, 6.07) is 1.35. The Kier molecular flexibility index (Phi) is 14.0. The second kappa shape index (κ2) is 13.7. The van der Waals surface area contributed by atoms with Crippen LogP contribution >= 0.6 is 0 Å². The summed E-state index contributed by atoms with van der Waals surface area (Å²) in [4.78, 5) is 0. The predicted octanol–water partition coefficient (Wildman–Crippen LogP) is 6.56. The second-order valence-electron chi connectivity index (χ2n) is 10.6. The molecule has 0 aliphatic rings. The van der Waals surface area contributed by atoms with Gasteiger partial charge in [0.2, 0.25) is 0 Å². The van der Waals surface area contributed by atoms with E-state index in [9.17, 15) is 0 Å². The molecule has 1 nitrogen and oxygen atoms in total. The van der Waals surface area contributed by atoms with Gasteiger partial charge in [0.15, 0.2) is 0 Å². The SMILES string of the molecule is C=C(C)C=COCCC[Si]C[Si](C)(C)C[Si]C[Si](C)(C)C[Si]C[Si](C)(C)C. The smallest absolute Gasteiger partial charge is 0.0870 e. The van der Waals surface area contributed by atoms with Crippen LogP contribution in [0.25, 0.3) is 0 Å². The third-order valence-electron chi connectivity index (χ3n) is 4.13. The topological polar surface area (TPSA) is 9.23 Å². The number of hydrogen-bond donors (Lipinski definition) is 0. The van der Waals surface area contributed by atoms with Crippen molar-refractivity contribution in [3.63, 3.8) is 0 Å². The quantitative estimate of drug-likeness (QED) is 0.108. The van der Waals surface area contributed by atoms with Crippen molar-refractivity contribution in [3.05, 3.63) is 24.5 Å². The molecule has 0 bridgehead atoms. The first kappa shape index (κ1) is 27.6. The normalized spacial score (nSPS) is 13.3. The van der Waals surface area contributed by atoms with Crippen LogP contribution in [0.2, 0.25) is 80.2 Å². The van der Waals surface area contributed by atoms with Crippen molar-refractivity contribution in [3.8, 4) is 0 Å². The molecule has 154 valence electrons. The summed E-state index contributed by atoms with van der Waals surface area (Å²) >= 11 is 0. The zero-order chi connectivity index (χ0) is 21.0. The highest BCUT2D eigenvalue weighted by molar-refractivity contribution is 6.95. The highest BCUT2D eigenvalue weighted by Crippen LogP contribution is 2.20. The Morgan fingerprint density at radius 3 is 1.78 bits per heavy atom. The van der Waals surface area contributed by atoms with Crippen molar-refractivity contribution in [2.24, 2.45) is 0 Å². The summed E-state index contributed by atoms with van der Waals surface area (Å²) in [6.07, 6.45) is 4.93. The molecule has 0 heterocycles. The van der Waals surface area contributed by atoms with Crippen molar-refractivity contribution in [1.29, 1.82) is 0 Å². The van der Waals surface area contributed by atoms with E-state index < -0.39 is 24.2 Å². The molecule has 0 aromatic rings. The Morgan fingerprint density at radius 1 is 0.815 bits per heavy atom. The maximum atomic E-state index is 5.52. The van der Waals surface area contributed by atoms with Gasteiger partial charge < -0.3 is 4.74 Å². The fourth-order valence-electron chi connectivity index (χ4n) is 2.58. The molecule has 0 saturated heterocycles. The van der Waals surface area contributed by atoms with E-state index in [0.29, 0.717) is 0 Å². The summed E-state index contributed by atoms with van der Waals surface area (Å²) in [7, 11) is 0.923. The molecule has 0 fully saturated rings. The maximum Gasteiger partial charge on any atom is 0.0870 e. The summed E-state index contributed by atoms with van der Waals surface area (Å²) in [5.74, 6) is 0. The Morgan fingerprint density at radius 2 is 1.30 bits per heavy atom. The third-order valence-corrected chi connectivity index (χ3v) is 29.4. The van der Waals surface area contributed by atoms with Crippen LogP contribution in [-0.2, 0) is 4.74 Å². The van der Waals surface area contributed by atoms with Gasteiger partial charge in [-0.3, -0.25) is 0 Å². The lowest BCUT2D eigenvalue weighted by Gasteiger charge is -2.27. The molecule has 0 unspecified atom stereocenters. The molecule has 27 heavy (non-hydrogen) atoms. The molecule has 0 aromatic carbocycles. The van der Waals surface area contributed by atoms with Crippen LogP contribution in [0, 0.1) is 0 Å². The Balaban J connectivity index is 3.84. The predicted molar refractivity (Wildman–Crippen MR) is 139 cm³/mol. The van der Waals surface area contributed by atoms with E-state index in [1.54, 1.807) is 28.9 Å². The molecule has 0 amide bonds. The second-order valence-corrected chi connectivity index (χ2v) is 33.5. The number of hydrogen-bond acceptors (Lipinski definition) is 1. The zero-order valence-corrected chi connectivity index (χ0v) is 25.4. The molecular weight excluding hydrogens is 425 g/mol. The molecule has 0 aromatic heterocycles. The van der Waals surface area contributed by atoms with Gasteiger partial charge in [-0.25, -0.2) is 0 Å². The fraction of sp³-hybridized carbons (Fsp3) is 0.800. The molecule has 0 spiro atoms. The average molecular weight is 469 g/mol. The van der Waals surface area contributed by atoms with Gasteiger partial charge in [0.25, 0.3) is 0 Å². The van der Waals surface area contributed by atoms with Crippen LogP contribution in [0.1, 0.15) is 13.3 Å². The highest BCUT2D eigenvalue weighted by atomic mass is 28.4. The molecule has 6 radical (unpaired) electrons. The molecule has 0 aliphatic heterocycles. The minimum absolute atomic E-state index is 0.825. The lowest BCUT2D eigenvalue weighted by atomic mass is 10.3. The average Bonchev–Trinajstić information content (AvgIpc) is 2.47. The van der Waals surface area contributed by atoms with Gasteiger partial charge in [0, 0.05) is 52.8 Å². The number of ether oxygens (including phenoxy) is 1. The lowest BCUT2D eigenvalue weighted by molar-refractivity contribution is 0.250. The van der Waals surface area contributed by atoms with Crippen LogP contribution < -0.4 is 0 Å². The van der Waals surface area contributed by atoms with Crippen LogP contribution in [0.4, 0.5) is 0 Å². The van der Waals surface area contributed by atoms with E-state index in [4.69, 9.17) is 4.74 Å². The molecule has 0 atom stereocenters. The summed E-state index contributed by atoms with van der Waals surface area (Å²) in [6.45, 7) is 24.8. The maximum absolute atomic E-state index is 5.52. The molecule has 0 rings (SSSR count). The lowest BCUT2D eigenvalue weighted by Crippen LogP contribution is -2.35. The Labute approximate surface area is 181 Å². The van der Waals surface area contributed by atoms with Crippen molar-refractivity contribution < 1.29 is 4.74 Å². The minimum atomic E-state index is -0.965. The van der Waals surface area contributed by atoms with Gasteiger partial charge in [-0.05, 0) is 19.4 Å². The third kappa shape index (κ3) is 19.7. The fourth-order valence-corrected chi connectivity index (χ4v) is 24.0. The summed E-state index contributed by atoms with van der Waals surface area (Å²) < 4.78 is 5.52. The largest absolute Gasteiger partial charge is 0.501 e. The highest BCUT2D eigenvalue weighted by Gasteiger charge is 2.25.